The van der Waals surface area contributed by atoms with Crippen LogP contribution in [0.5, 0.6) is 0 Å². The van der Waals surface area contributed by atoms with Gasteiger partial charge in [-0.1, -0.05) is 0 Å². The number of aliphatic carboxylic acids is 1. The number of nitrogens with zero attached hydrogens (tertiary/aromatic N) is 1. The van der Waals surface area contributed by atoms with E-state index < -0.39 is 16.0 Å². The fourth-order valence-corrected chi connectivity index (χ4v) is 2.42. The number of carbonyl (C=O) groups is 1. The Kier molecular flexibility index (Phi) is 2.39. The van der Waals surface area contributed by atoms with Gasteiger partial charge in [0.05, 0.1) is 12.7 Å². The molecule has 5 nitrogen and oxygen atoms in total. The molecule has 12 heavy (non-hydrogen) atoms. The number of sulfonamides is 1. The molecule has 1 unspecified atom stereocenters. The lowest BCUT2D eigenvalue weighted by atomic mass is 10.0. The minimum atomic E-state index is -3.19. The Balaban J connectivity index is 2.56. The molecule has 1 aliphatic heterocycles. The lowest BCUT2D eigenvalue weighted by Gasteiger charge is -2.37. The molecule has 0 aromatic carbocycles. The highest BCUT2D eigenvalue weighted by atomic mass is 32.2. The van der Waals surface area contributed by atoms with Gasteiger partial charge in [0.25, 0.3) is 0 Å². The molecule has 0 aliphatic carbocycles. The van der Waals surface area contributed by atoms with Crippen molar-refractivity contribution >= 4 is 16.0 Å². The highest BCUT2D eigenvalue weighted by molar-refractivity contribution is 7.88. The molecule has 1 aliphatic rings. The molecule has 0 bridgehead atoms. The summed E-state index contributed by atoms with van der Waals surface area (Å²) < 4.78 is 23.1. The van der Waals surface area contributed by atoms with E-state index in [0.717, 1.165) is 6.26 Å². The fraction of sp³-hybridized carbons (Fsp3) is 0.833. The van der Waals surface area contributed by atoms with Crippen LogP contribution in [0, 0.1) is 0 Å². The van der Waals surface area contributed by atoms with Gasteiger partial charge in [-0.15, -0.1) is 0 Å². The van der Waals surface area contributed by atoms with E-state index in [1.54, 1.807) is 0 Å². The van der Waals surface area contributed by atoms with E-state index in [2.05, 4.69) is 0 Å². The second-order valence-corrected chi connectivity index (χ2v) is 4.85. The van der Waals surface area contributed by atoms with Gasteiger partial charge in [0.1, 0.15) is 0 Å². The first-order chi connectivity index (χ1) is 5.41. The van der Waals surface area contributed by atoms with Crippen LogP contribution in [-0.2, 0) is 14.8 Å². The Morgan fingerprint density at radius 1 is 1.67 bits per heavy atom. The van der Waals surface area contributed by atoms with Crippen LogP contribution in [0.4, 0.5) is 0 Å². The molecule has 0 aromatic heterocycles. The smallest absolute Gasteiger partial charge is 0.304 e. The van der Waals surface area contributed by atoms with E-state index in [1.807, 2.05) is 0 Å². The number of hydrogen-bond acceptors (Lipinski definition) is 3. The summed E-state index contributed by atoms with van der Waals surface area (Å²) in [5.74, 6) is -0.951. The molecule has 1 rings (SSSR count). The Hall–Kier alpha value is -0.620. The molecule has 1 saturated heterocycles. The maximum atomic E-state index is 10.9. The SMILES string of the molecule is CS(=O)(=O)N1CCC1CC(=O)O. The van der Waals surface area contributed by atoms with E-state index in [0.29, 0.717) is 13.0 Å². The zero-order valence-electron chi connectivity index (χ0n) is 6.73. The van der Waals surface area contributed by atoms with Crippen molar-refractivity contribution in [3.05, 3.63) is 0 Å². The largest absolute Gasteiger partial charge is 0.481 e. The fourth-order valence-electron chi connectivity index (χ4n) is 1.26. The molecule has 1 atom stereocenters. The van der Waals surface area contributed by atoms with Crippen molar-refractivity contribution in [2.75, 3.05) is 12.8 Å². The lowest BCUT2D eigenvalue weighted by molar-refractivity contribution is -0.138. The van der Waals surface area contributed by atoms with Gasteiger partial charge in [-0.2, -0.15) is 4.31 Å². The molecular formula is C6H11NO4S. The molecule has 0 spiro atoms. The lowest BCUT2D eigenvalue weighted by Crippen LogP contribution is -2.51. The third-order valence-electron chi connectivity index (χ3n) is 1.93. The van der Waals surface area contributed by atoms with E-state index in [-0.39, 0.29) is 12.5 Å². The van der Waals surface area contributed by atoms with Crippen molar-refractivity contribution in [3.8, 4) is 0 Å². The molecule has 0 radical (unpaired) electrons. The first-order valence-corrected chi connectivity index (χ1v) is 5.44. The van der Waals surface area contributed by atoms with Crippen LogP contribution in [0.2, 0.25) is 0 Å². The summed E-state index contributed by atoms with van der Waals surface area (Å²) in [6, 6.07) is -0.322. The zero-order valence-corrected chi connectivity index (χ0v) is 7.54. The minimum absolute atomic E-state index is 0.0902. The summed E-state index contributed by atoms with van der Waals surface area (Å²) in [5, 5.41) is 8.41. The summed E-state index contributed by atoms with van der Waals surface area (Å²) in [6.07, 6.45) is 1.66. The van der Waals surface area contributed by atoms with Crippen LogP contribution in [0.1, 0.15) is 12.8 Å². The van der Waals surface area contributed by atoms with Gasteiger partial charge in [-0.05, 0) is 6.42 Å². The summed E-state index contributed by atoms with van der Waals surface area (Å²) in [6.45, 7) is 0.455. The van der Waals surface area contributed by atoms with Crippen molar-refractivity contribution in [1.29, 1.82) is 0 Å². The summed E-state index contributed by atoms with van der Waals surface area (Å²) in [4.78, 5) is 10.3. The van der Waals surface area contributed by atoms with E-state index >= 15 is 0 Å². The average molecular weight is 193 g/mol. The maximum absolute atomic E-state index is 10.9. The average Bonchev–Trinajstić information content (AvgIpc) is 1.75. The Morgan fingerprint density at radius 2 is 2.25 bits per heavy atom. The van der Waals surface area contributed by atoms with Gasteiger partial charge in [0.2, 0.25) is 10.0 Å². The van der Waals surface area contributed by atoms with Crippen LogP contribution >= 0.6 is 0 Å². The van der Waals surface area contributed by atoms with E-state index in [9.17, 15) is 13.2 Å². The van der Waals surface area contributed by atoms with E-state index in [4.69, 9.17) is 5.11 Å². The molecule has 0 aromatic rings. The standard InChI is InChI=1S/C6H11NO4S/c1-12(10,11)7-3-2-5(7)4-6(8)9/h5H,2-4H2,1H3,(H,8,9). The third-order valence-corrected chi connectivity index (χ3v) is 3.26. The monoisotopic (exact) mass is 193 g/mol. The molecule has 0 amide bonds. The van der Waals surface area contributed by atoms with Gasteiger partial charge in [-0.25, -0.2) is 8.42 Å². The van der Waals surface area contributed by atoms with Crippen molar-refractivity contribution in [1.82, 2.24) is 4.31 Å². The molecule has 1 N–H and O–H groups in total. The zero-order chi connectivity index (χ0) is 9.35. The normalized spacial score (nSPS) is 24.9. The Morgan fingerprint density at radius 3 is 2.50 bits per heavy atom. The predicted octanol–water partition coefficient (Wildman–Crippen LogP) is -0.505. The summed E-state index contributed by atoms with van der Waals surface area (Å²) in [7, 11) is -3.19. The van der Waals surface area contributed by atoms with Gasteiger partial charge in [0.15, 0.2) is 0 Å². The van der Waals surface area contributed by atoms with Crippen LogP contribution in [0.25, 0.3) is 0 Å². The quantitative estimate of drug-likeness (QED) is 0.655. The number of carboxylic acid groups (broad SMARTS) is 1. The molecule has 0 saturated carbocycles. The Labute approximate surface area is 71.0 Å². The first-order valence-electron chi connectivity index (χ1n) is 3.60. The van der Waals surface area contributed by atoms with E-state index in [1.165, 1.54) is 4.31 Å². The van der Waals surface area contributed by atoms with Crippen molar-refractivity contribution in [2.24, 2.45) is 0 Å². The number of carboxylic acids is 1. The Bertz CT molecular complexity index is 284. The molecule has 70 valence electrons. The second-order valence-electron chi connectivity index (χ2n) is 2.91. The first kappa shape index (κ1) is 9.47. The highest BCUT2D eigenvalue weighted by Crippen LogP contribution is 2.23. The minimum Gasteiger partial charge on any atom is -0.481 e. The van der Waals surface area contributed by atoms with Crippen LogP contribution in [0.3, 0.4) is 0 Å². The van der Waals surface area contributed by atoms with Crippen molar-refractivity contribution in [3.63, 3.8) is 0 Å². The van der Waals surface area contributed by atoms with Crippen molar-refractivity contribution in [2.45, 2.75) is 18.9 Å². The molecule has 1 fully saturated rings. The molecular weight excluding hydrogens is 182 g/mol. The van der Waals surface area contributed by atoms with Crippen molar-refractivity contribution < 1.29 is 18.3 Å². The number of rotatable bonds is 3. The van der Waals surface area contributed by atoms with Gasteiger partial charge >= 0.3 is 5.97 Å². The summed E-state index contributed by atoms with van der Waals surface area (Å²) in [5.41, 5.74) is 0. The third kappa shape index (κ3) is 1.95. The van der Waals surface area contributed by atoms with Crippen LogP contribution < -0.4 is 0 Å². The molecule has 1 heterocycles. The highest BCUT2D eigenvalue weighted by Gasteiger charge is 2.35. The van der Waals surface area contributed by atoms with Gasteiger partial charge < -0.3 is 5.11 Å². The molecule has 6 heteroatoms. The summed E-state index contributed by atoms with van der Waals surface area (Å²) >= 11 is 0. The van der Waals surface area contributed by atoms with Gasteiger partial charge in [-0.3, -0.25) is 4.79 Å². The second kappa shape index (κ2) is 3.02. The van der Waals surface area contributed by atoms with Gasteiger partial charge in [0, 0.05) is 12.6 Å². The predicted molar refractivity (Wildman–Crippen MR) is 42.2 cm³/mol. The topological polar surface area (TPSA) is 74.7 Å². The number of hydrogen-bond donors (Lipinski definition) is 1. The van der Waals surface area contributed by atoms with Crippen LogP contribution in [0.15, 0.2) is 0 Å². The maximum Gasteiger partial charge on any atom is 0.304 e. The van der Waals surface area contributed by atoms with Crippen LogP contribution in [-0.4, -0.2) is 42.6 Å².